The van der Waals surface area contributed by atoms with Gasteiger partial charge < -0.3 is 14.7 Å². The number of anilines is 1. The largest absolute Gasteiger partial charge is 0.476 e. The molecule has 6 heteroatoms. The van der Waals surface area contributed by atoms with Crippen molar-refractivity contribution in [2.75, 3.05) is 31.7 Å². The zero-order valence-electron chi connectivity index (χ0n) is 8.77. The van der Waals surface area contributed by atoms with Gasteiger partial charge in [-0.1, -0.05) is 0 Å². The van der Waals surface area contributed by atoms with Crippen LogP contribution in [0.15, 0.2) is 5.38 Å². The van der Waals surface area contributed by atoms with E-state index in [9.17, 15) is 4.79 Å². The lowest BCUT2D eigenvalue weighted by molar-refractivity contribution is 0.0691. The molecule has 0 unspecified atom stereocenters. The van der Waals surface area contributed by atoms with E-state index in [4.69, 9.17) is 9.84 Å². The summed E-state index contributed by atoms with van der Waals surface area (Å²) in [6.07, 6.45) is 0. The number of ether oxygens (including phenoxy) is 1. The van der Waals surface area contributed by atoms with E-state index in [-0.39, 0.29) is 5.69 Å². The second-order valence-corrected chi connectivity index (χ2v) is 3.78. The summed E-state index contributed by atoms with van der Waals surface area (Å²) in [6.45, 7) is 3.95. The standard InChI is InChI=1S/C9H14N2O3S/c1-3-14-5-4-11(2)9-10-7(6-15-9)8(12)13/h6H,3-5H2,1-2H3,(H,12,13). The molecule has 0 saturated heterocycles. The van der Waals surface area contributed by atoms with Gasteiger partial charge in [0.25, 0.3) is 0 Å². The van der Waals surface area contributed by atoms with Gasteiger partial charge in [-0.25, -0.2) is 9.78 Å². The van der Waals surface area contributed by atoms with E-state index in [1.807, 2.05) is 18.9 Å². The molecular formula is C9H14N2O3S. The van der Waals surface area contributed by atoms with Crippen molar-refractivity contribution in [3.63, 3.8) is 0 Å². The zero-order chi connectivity index (χ0) is 11.3. The van der Waals surface area contributed by atoms with E-state index in [0.29, 0.717) is 24.9 Å². The first-order valence-electron chi connectivity index (χ1n) is 4.62. The minimum atomic E-state index is -0.990. The van der Waals surface area contributed by atoms with E-state index in [2.05, 4.69) is 4.98 Å². The number of carboxylic acid groups (broad SMARTS) is 1. The fourth-order valence-corrected chi connectivity index (χ4v) is 1.77. The molecule has 0 radical (unpaired) electrons. The third-order valence-corrected chi connectivity index (χ3v) is 2.77. The van der Waals surface area contributed by atoms with Gasteiger partial charge in [-0.3, -0.25) is 0 Å². The first-order chi connectivity index (χ1) is 7.15. The van der Waals surface area contributed by atoms with Crippen LogP contribution < -0.4 is 4.90 Å². The Kier molecular flexibility index (Phi) is 4.51. The van der Waals surface area contributed by atoms with Crippen molar-refractivity contribution in [2.24, 2.45) is 0 Å². The topological polar surface area (TPSA) is 62.7 Å². The van der Waals surface area contributed by atoms with Crippen molar-refractivity contribution >= 4 is 22.4 Å². The van der Waals surface area contributed by atoms with Crippen LogP contribution in [0.1, 0.15) is 17.4 Å². The second-order valence-electron chi connectivity index (χ2n) is 2.94. The van der Waals surface area contributed by atoms with Gasteiger partial charge in [0.1, 0.15) is 0 Å². The zero-order valence-corrected chi connectivity index (χ0v) is 9.58. The Balaban J connectivity index is 2.50. The number of thiazole rings is 1. The highest BCUT2D eigenvalue weighted by Crippen LogP contribution is 2.18. The molecule has 0 spiro atoms. The molecule has 1 N–H and O–H groups in total. The Morgan fingerprint density at radius 1 is 1.73 bits per heavy atom. The Labute approximate surface area is 92.3 Å². The molecule has 84 valence electrons. The minimum Gasteiger partial charge on any atom is -0.476 e. The van der Waals surface area contributed by atoms with Crippen LogP contribution in [0.2, 0.25) is 0 Å². The molecule has 0 atom stereocenters. The van der Waals surface area contributed by atoms with Gasteiger partial charge in [0.05, 0.1) is 6.61 Å². The molecule has 0 aliphatic heterocycles. The Hall–Kier alpha value is -1.14. The number of carboxylic acids is 1. The van der Waals surface area contributed by atoms with Gasteiger partial charge in [0, 0.05) is 25.6 Å². The summed E-state index contributed by atoms with van der Waals surface area (Å²) in [7, 11) is 1.86. The van der Waals surface area contributed by atoms with Gasteiger partial charge >= 0.3 is 5.97 Å². The molecule has 1 aromatic rings. The van der Waals surface area contributed by atoms with Crippen LogP contribution >= 0.6 is 11.3 Å². The lowest BCUT2D eigenvalue weighted by atomic mass is 10.5. The summed E-state index contributed by atoms with van der Waals surface area (Å²) >= 11 is 1.32. The number of hydrogen-bond acceptors (Lipinski definition) is 5. The van der Waals surface area contributed by atoms with Gasteiger partial charge in [-0.05, 0) is 6.92 Å². The number of aromatic carboxylic acids is 1. The van der Waals surface area contributed by atoms with E-state index >= 15 is 0 Å². The van der Waals surface area contributed by atoms with E-state index in [1.165, 1.54) is 16.7 Å². The Morgan fingerprint density at radius 2 is 2.47 bits per heavy atom. The monoisotopic (exact) mass is 230 g/mol. The van der Waals surface area contributed by atoms with Crippen LogP contribution in [0.3, 0.4) is 0 Å². The van der Waals surface area contributed by atoms with Gasteiger partial charge in [-0.2, -0.15) is 0 Å². The lowest BCUT2D eigenvalue weighted by Gasteiger charge is -2.14. The first-order valence-corrected chi connectivity index (χ1v) is 5.50. The molecule has 0 aromatic carbocycles. The molecule has 1 heterocycles. The highest BCUT2D eigenvalue weighted by molar-refractivity contribution is 7.13. The van der Waals surface area contributed by atoms with Crippen LogP contribution in [-0.2, 0) is 4.74 Å². The molecule has 0 saturated carbocycles. The van der Waals surface area contributed by atoms with Crippen LogP contribution in [0.5, 0.6) is 0 Å². The van der Waals surface area contributed by atoms with E-state index < -0.39 is 5.97 Å². The fourth-order valence-electron chi connectivity index (χ4n) is 0.979. The van der Waals surface area contributed by atoms with Crippen molar-refractivity contribution in [1.82, 2.24) is 4.98 Å². The third kappa shape index (κ3) is 3.49. The molecule has 0 bridgehead atoms. The van der Waals surface area contributed by atoms with Crippen molar-refractivity contribution in [3.8, 4) is 0 Å². The Morgan fingerprint density at radius 3 is 3.00 bits per heavy atom. The van der Waals surface area contributed by atoms with E-state index in [0.717, 1.165) is 0 Å². The van der Waals surface area contributed by atoms with Crippen molar-refractivity contribution in [1.29, 1.82) is 0 Å². The number of carbonyl (C=O) groups is 1. The predicted octanol–water partition coefficient (Wildman–Crippen LogP) is 1.31. The van der Waals surface area contributed by atoms with Crippen molar-refractivity contribution in [2.45, 2.75) is 6.92 Å². The summed E-state index contributed by atoms with van der Waals surface area (Å²) in [5.74, 6) is -0.990. The maximum atomic E-state index is 10.6. The van der Waals surface area contributed by atoms with Gasteiger partial charge in [-0.15, -0.1) is 11.3 Å². The van der Waals surface area contributed by atoms with Crippen LogP contribution in [-0.4, -0.2) is 42.9 Å². The average Bonchev–Trinajstić information content (AvgIpc) is 2.66. The van der Waals surface area contributed by atoms with Crippen LogP contribution in [0.25, 0.3) is 0 Å². The summed E-state index contributed by atoms with van der Waals surface area (Å²) < 4.78 is 5.20. The predicted molar refractivity (Wildman–Crippen MR) is 58.8 cm³/mol. The summed E-state index contributed by atoms with van der Waals surface area (Å²) in [4.78, 5) is 16.5. The maximum absolute atomic E-state index is 10.6. The molecule has 0 aliphatic carbocycles. The molecule has 0 fully saturated rings. The molecule has 1 aromatic heterocycles. The highest BCUT2D eigenvalue weighted by atomic mass is 32.1. The fraction of sp³-hybridized carbons (Fsp3) is 0.556. The molecule has 0 amide bonds. The van der Waals surface area contributed by atoms with Crippen LogP contribution in [0.4, 0.5) is 5.13 Å². The highest BCUT2D eigenvalue weighted by Gasteiger charge is 2.11. The molecule has 0 aliphatic rings. The molecule has 1 rings (SSSR count). The second kappa shape index (κ2) is 5.67. The number of hydrogen-bond donors (Lipinski definition) is 1. The third-order valence-electron chi connectivity index (χ3n) is 1.81. The summed E-state index contributed by atoms with van der Waals surface area (Å²) in [5.41, 5.74) is 0.0956. The molecule has 5 nitrogen and oxygen atoms in total. The molecule has 15 heavy (non-hydrogen) atoms. The summed E-state index contributed by atoms with van der Waals surface area (Å²) in [6, 6.07) is 0. The average molecular weight is 230 g/mol. The smallest absolute Gasteiger partial charge is 0.355 e. The SMILES string of the molecule is CCOCCN(C)c1nc(C(=O)O)cs1. The van der Waals surface area contributed by atoms with Crippen molar-refractivity contribution < 1.29 is 14.6 Å². The normalized spacial score (nSPS) is 10.3. The first kappa shape index (κ1) is 11.9. The lowest BCUT2D eigenvalue weighted by Crippen LogP contribution is -2.22. The minimum absolute atomic E-state index is 0.0956. The number of nitrogens with zero attached hydrogens (tertiary/aromatic N) is 2. The van der Waals surface area contributed by atoms with E-state index in [1.54, 1.807) is 0 Å². The quantitative estimate of drug-likeness (QED) is 0.747. The van der Waals surface area contributed by atoms with Gasteiger partial charge in [0.15, 0.2) is 10.8 Å². The number of rotatable bonds is 6. The molecular weight excluding hydrogens is 216 g/mol. The Bertz CT molecular complexity index is 327. The summed E-state index contributed by atoms with van der Waals surface area (Å²) in [5, 5.41) is 10.9. The van der Waals surface area contributed by atoms with Crippen LogP contribution in [0, 0.1) is 0 Å². The number of likely N-dealkylation sites (N-methyl/N-ethyl adjacent to an activating group) is 1. The van der Waals surface area contributed by atoms with Gasteiger partial charge in [0.2, 0.25) is 0 Å². The maximum Gasteiger partial charge on any atom is 0.355 e. The number of aromatic nitrogens is 1. The van der Waals surface area contributed by atoms with Crippen molar-refractivity contribution in [3.05, 3.63) is 11.1 Å².